The van der Waals surface area contributed by atoms with Gasteiger partial charge < -0.3 is 10.3 Å². The SMILES string of the molecule is Cn1cc(CC(CN)c2nc3ccccc3s2)c2ccccc21. The standard InChI is InChI=1S/C19H19N3S/c1-22-12-14(15-6-2-4-8-17(15)22)10-13(11-20)19-21-16-7-3-5-9-18(16)23-19/h2-9,12-13H,10-11,20H2,1H3. The van der Waals surface area contributed by atoms with E-state index in [-0.39, 0.29) is 5.92 Å². The van der Waals surface area contributed by atoms with E-state index in [1.807, 2.05) is 6.07 Å². The lowest BCUT2D eigenvalue weighted by Gasteiger charge is -2.11. The van der Waals surface area contributed by atoms with E-state index in [0.29, 0.717) is 6.54 Å². The molecule has 0 spiro atoms. The van der Waals surface area contributed by atoms with Crippen LogP contribution in [0.1, 0.15) is 16.5 Å². The van der Waals surface area contributed by atoms with Gasteiger partial charge in [0.2, 0.25) is 0 Å². The number of nitrogens with two attached hydrogens (primary N) is 1. The Labute approximate surface area is 139 Å². The predicted molar refractivity (Wildman–Crippen MR) is 98.0 cm³/mol. The summed E-state index contributed by atoms with van der Waals surface area (Å²) in [6.45, 7) is 0.614. The summed E-state index contributed by atoms with van der Waals surface area (Å²) < 4.78 is 3.43. The minimum Gasteiger partial charge on any atom is -0.350 e. The van der Waals surface area contributed by atoms with Crippen molar-refractivity contribution in [1.82, 2.24) is 9.55 Å². The Bertz CT molecular complexity index is 934. The molecule has 0 saturated heterocycles. The highest BCUT2D eigenvalue weighted by Gasteiger charge is 2.18. The Morgan fingerprint density at radius 2 is 1.91 bits per heavy atom. The molecule has 0 fully saturated rings. The summed E-state index contributed by atoms with van der Waals surface area (Å²) in [5.41, 5.74) is 9.77. The van der Waals surface area contributed by atoms with E-state index < -0.39 is 0 Å². The first-order chi connectivity index (χ1) is 11.3. The van der Waals surface area contributed by atoms with Crippen molar-refractivity contribution < 1.29 is 0 Å². The first kappa shape index (κ1) is 14.4. The molecule has 2 aromatic heterocycles. The number of nitrogens with zero attached hydrogens (tertiary/aromatic N) is 2. The Kier molecular flexibility index (Phi) is 3.63. The first-order valence-corrected chi connectivity index (χ1v) is 8.66. The second kappa shape index (κ2) is 5.80. The number of rotatable bonds is 4. The summed E-state index contributed by atoms with van der Waals surface area (Å²) in [5.74, 6) is 0.262. The van der Waals surface area contributed by atoms with Crippen molar-refractivity contribution in [2.24, 2.45) is 12.8 Å². The largest absolute Gasteiger partial charge is 0.350 e. The van der Waals surface area contributed by atoms with Gasteiger partial charge in [-0.3, -0.25) is 0 Å². The molecule has 0 radical (unpaired) electrons. The third-order valence-electron chi connectivity index (χ3n) is 4.39. The van der Waals surface area contributed by atoms with E-state index in [1.165, 1.54) is 21.2 Å². The number of aromatic nitrogens is 2. The number of aryl methyl sites for hydroxylation is 1. The van der Waals surface area contributed by atoms with Crippen LogP contribution in [0.3, 0.4) is 0 Å². The summed E-state index contributed by atoms with van der Waals surface area (Å²) in [5, 5.41) is 2.45. The molecule has 0 bridgehead atoms. The topological polar surface area (TPSA) is 43.8 Å². The van der Waals surface area contributed by atoms with Crippen LogP contribution in [0.15, 0.2) is 54.7 Å². The number of fused-ring (bicyclic) bond motifs is 2. The second-order valence-electron chi connectivity index (χ2n) is 5.94. The molecule has 4 aromatic rings. The molecule has 1 atom stereocenters. The molecule has 1 unspecified atom stereocenters. The van der Waals surface area contributed by atoms with Crippen molar-refractivity contribution in [3.05, 3.63) is 65.3 Å². The summed E-state index contributed by atoms with van der Waals surface area (Å²) in [4.78, 5) is 4.80. The average Bonchev–Trinajstić information content (AvgIpc) is 3.14. The zero-order valence-electron chi connectivity index (χ0n) is 13.1. The van der Waals surface area contributed by atoms with Gasteiger partial charge in [-0.05, 0) is 30.2 Å². The molecule has 23 heavy (non-hydrogen) atoms. The Morgan fingerprint density at radius 1 is 1.13 bits per heavy atom. The molecule has 0 aliphatic heterocycles. The van der Waals surface area contributed by atoms with Crippen LogP contribution in [-0.4, -0.2) is 16.1 Å². The van der Waals surface area contributed by atoms with Crippen molar-refractivity contribution in [3.8, 4) is 0 Å². The zero-order chi connectivity index (χ0) is 15.8. The summed E-state index contributed by atoms with van der Waals surface area (Å²) >= 11 is 1.76. The lowest BCUT2D eigenvalue weighted by atomic mass is 9.99. The maximum Gasteiger partial charge on any atom is 0.0985 e. The van der Waals surface area contributed by atoms with Gasteiger partial charge in [0.25, 0.3) is 0 Å². The molecule has 2 aromatic carbocycles. The van der Waals surface area contributed by atoms with Gasteiger partial charge >= 0.3 is 0 Å². The van der Waals surface area contributed by atoms with Gasteiger partial charge in [0.15, 0.2) is 0 Å². The summed E-state index contributed by atoms with van der Waals surface area (Å²) in [6, 6.07) is 16.8. The normalized spacial score (nSPS) is 13.0. The molecular weight excluding hydrogens is 302 g/mol. The van der Waals surface area contributed by atoms with Crippen molar-refractivity contribution >= 4 is 32.5 Å². The van der Waals surface area contributed by atoms with Crippen LogP contribution in [0.4, 0.5) is 0 Å². The van der Waals surface area contributed by atoms with E-state index in [1.54, 1.807) is 11.3 Å². The molecule has 2 heterocycles. The second-order valence-corrected chi connectivity index (χ2v) is 7.00. The highest BCUT2D eigenvalue weighted by molar-refractivity contribution is 7.18. The van der Waals surface area contributed by atoms with Gasteiger partial charge in [-0.2, -0.15) is 0 Å². The van der Waals surface area contributed by atoms with Gasteiger partial charge in [0.05, 0.1) is 15.2 Å². The third-order valence-corrected chi connectivity index (χ3v) is 5.59. The average molecular weight is 321 g/mol. The minimum atomic E-state index is 0.262. The van der Waals surface area contributed by atoms with Crippen molar-refractivity contribution in [3.63, 3.8) is 0 Å². The van der Waals surface area contributed by atoms with E-state index >= 15 is 0 Å². The molecule has 3 nitrogen and oxygen atoms in total. The number of benzene rings is 2. The van der Waals surface area contributed by atoms with Crippen LogP contribution in [-0.2, 0) is 13.5 Å². The first-order valence-electron chi connectivity index (χ1n) is 7.84. The van der Waals surface area contributed by atoms with E-state index in [0.717, 1.165) is 16.9 Å². The molecule has 0 aliphatic rings. The Morgan fingerprint density at radius 3 is 2.74 bits per heavy atom. The predicted octanol–water partition coefficient (Wildman–Crippen LogP) is 4.07. The van der Waals surface area contributed by atoms with Gasteiger partial charge in [-0.15, -0.1) is 11.3 Å². The molecule has 0 amide bonds. The lowest BCUT2D eigenvalue weighted by Crippen LogP contribution is -2.14. The fraction of sp³-hybridized carbons (Fsp3) is 0.211. The van der Waals surface area contributed by atoms with Crippen molar-refractivity contribution in [2.75, 3.05) is 6.54 Å². The van der Waals surface area contributed by atoms with Crippen LogP contribution < -0.4 is 5.73 Å². The van der Waals surface area contributed by atoms with Gasteiger partial charge in [-0.1, -0.05) is 30.3 Å². The van der Waals surface area contributed by atoms with E-state index in [9.17, 15) is 0 Å². The van der Waals surface area contributed by atoms with Crippen molar-refractivity contribution in [1.29, 1.82) is 0 Å². The van der Waals surface area contributed by atoms with Crippen LogP contribution in [0.25, 0.3) is 21.1 Å². The molecule has 0 aliphatic carbocycles. The highest BCUT2D eigenvalue weighted by Crippen LogP contribution is 2.31. The quantitative estimate of drug-likeness (QED) is 0.615. The number of hydrogen-bond donors (Lipinski definition) is 1. The summed E-state index contributed by atoms with van der Waals surface area (Å²) in [7, 11) is 2.10. The number of para-hydroxylation sites is 2. The lowest BCUT2D eigenvalue weighted by molar-refractivity contribution is 0.691. The van der Waals surface area contributed by atoms with Gasteiger partial charge in [0.1, 0.15) is 0 Å². The van der Waals surface area contributed by atoms with Crippen LogP contribution >= 0.6 is 11.3 Å². The third kappa shape index (κ3) is 2.54. The summed E-state index contributed by atoms with van der Waals surface area (Å²) in [6.07, 6.45) is 3.15. The zero-order valence-corrected chi connectivity index (χ0v) is 13.9. The number of thiazole rings is 1. The Hall–Kier alpha value is -2.17. The van der Waals surface area contributed by atoms with E-state index in [4.69, 9.17) is 10.7 Å². The maximum atomic E-state index is 6.09. The molecule has 116 valence electrons. The molecule has 0 saturated carbocycles. The van der Waals surface area contributed by atoms with Crippen LogP contribution in [0.5, 0.6) is 0 Å². The molecule has 4 heteroatoms. The van der Waals surface area contributed by atoms with Gasteiger partial charge in [0, 0.05) is 36.6 Å². The highest BCUT2D eigenvalue weighted by atomic mass is 32.1. The monoisotopic (exact) mass is 321 g/mol. The molecule has 2 N–H and O–H groups in total. The van der Waals surface area contributed by atoms with Crippen LogP contribution in [0.2, 0.25) is 0 Å². The minimum absolute atomic E-state index is 0.262. The maximum absolute atomic E-state index is 6.09. The van der Waals surface area contributed by atoms with Gasteiger partial charge in [-0.25, -0.2) is 4.98 Å². The fourth-order valence-electron chi connectivity index (χ4n) is 3.19. The molecule has 4 rings (SSSR count). The smallest absolute Gasteiger partial charge is 0.0985 e. The van der Waals surface area contributed by atoms with E-state index in [2.05, 4.69) is 60.3 Å². The fourth-order valence-corrected chi connectivity index (χ4v) is 4.27. The Balaban J connectivity index is 1.72. The molecular formula is C19H19N3S. The number of hydrogen-bond acceptors (Lipinski definition) is 3. The van der Waals surface area contributed by atoms with Crippen LogP contribution in [0, 0.1) is 0 Å². The van der Waals surface area contributed by atoms with Crippen molar-refractivity contribution in [2.45, 2.75) is 12.3 Å².